The highest BCUT2D eigenvalue weighted by Gasteiger charge is 2.23. The van der Waals surface area contributed by atoms with Gasteiger partial charge in [-0.05, 0) is 52.7 Å². The van der Waals surface area contributed by atoms with E-state index in [1.54, 1.807) is 29.8 Å². The zero-order valence-electron chi connectivity index (χ0n) is 16.0. The number of hydrazone groups is 1. The van der Waals surface area contributed by atoms with Crippen molar-refractivity contribution in [3.05, 3.63) is 70.4 Å². The molecule has 1 N–H and O–H groups in total. The molecular formula is C18H18BrN5O4S2. The third-order valence-electron chi connectivity index (χ3n) is 4.14. The minimum atomic E-state index is -4.03. The van der Waals surface area contributed by atoms with Gasteiger partial charge >= 0.3 is 0 Å². The largest absolute Gasteiger partial charge is 0.298 e. The summed E-state index contributed by atoms with van der Waals surface area (Å²) in [5.41, 5.74) is 1.81. The van der Waals surface area contributed by atoms with Crippen LogP contribution < -0.4 is 4.72 Å². The quantitative estimate of drug-likeness (QED) is 0.386. The summed E-state index contributed by atoms with van der Waals surface area (Å²) in [5, 5.41) is 4.79. The Bertz CT molecular complexity index is 1360. The molecule has 0 aliphatic carbocycles. The van der Waals surface area contributed by atoms with Crippen molar-refractivity contribution in [1.29, 1.82) is 0 Å². The van der Waals surface area contributed by atoms with Crippen LogP contribution in [0.5, 0.6) is 0 Å². The monoisotopic (exact) mass is 511 g/mol. The lowest BCUT2D eigenvalue weighted by atomic mass is 10.2. The summed E-state index contributed by atoms with van der Waals surface area (Å²) >= 11 is 3.38. The second kappa shape index (κ2) is 8.20. The first-order valence-electron chi connectivity index (χ1n) is 8.45. The number of sulfonamides is 2. The van der Waals surface area contributed by atoms with E-state index in [9.17, 15) is 16.8 Å². The highest BCUT2D eigenvalue weighted by atomic mass is 79.9. The maximum atomic E-state index is 13.0. The van der Waals surface area contributed by atoms with Gasteiger partial charge in [-0.3, -0.25) is 9.12 Å². The Kier molecular flexibility index (Phi) is 6.01. The van der Waals surface area contributed by atoms with Gasteiger partial charge in [0.15, 0.2) is 0 Å². The second-order valence-electron chi connectivity index (χ2n) is 6.24. The van der Waals surface area contributed by atoms with Crippen molar-refractivity contribution in [1.82, 2.24) is 13.8 Å². The van der Waals surface area contributed by atoms with Gasteiger partial charge in [0.25, 0.3) is 20.0 Å². The van der Waals surface area contributed by atoms with Crippen molar-refractivity contribution < 1.29 is 16.8 Å². The normalized spacial score (nSPS) is 12.4. The number of fused-ring (bicyclic) bond motifs is 1. The summed E-state index contributed by atoms with van der Waals surface area (Å²) < 4.78 is 55.0. The van der Waals surface area contributed by atoms with Gasteiger partial charge in [0.1, 0.15) is 5.65 Å². The molecule has 2 heterocycles. The van der Waals surface area contributed by atoms with Gasteiger partial charge < -0.3 is 0 Å². The second-order valence-corrected chi connectivity index (χ2v) is 10.7. The molecule has 1 aromatic carbocycles. The highest BCUT2D eigenvalue weighted by Crippen LogP contribution is 2.24. The standard InChI is InChI=1S/C18H18BrN5O4S2/c1-4-29(25,26)22-15-7-5-13(2)17(9-15)30(27,28)23(3)21-11-16-10-20-18-8-6-14(19)12-24(16)18/h4-12,22H,1H2,2-3H3/b21-11+. The van der Waals surface area contributed by atoms with Crippen molar-refractivity contribution >= 4 is 53.5 Å². The van der Waals surface area contributed by atoms with Crippen molar-refractivity contribution in [3.63, 3.8) is 0 Å². The molecule has 9 nitrogen and oxygen atoms in total. The molecule has 30 heavy (non-hydrogen) atoms. The van der Waals surface area contributed by atoms with Crippen LogP contribution >= 0.6 is 15.9 Å². The third kappa shape index (κ3) is 4.55. The fourth-order valence-electron chi connectivity index (χ4n) is 2.56. The van der Waals surface area contributed by atoms with Crippen molar-refractivity contribution in [2.24, 2.45) is 5.10 Å². The molecule has 0 unspecified atom stereocenters. The Morgan fingerprint density at radius 2 is 1.97 bits per heavy atom. The van der Waals surface area contributed by atoms with Crippen LogP contribution in [0.1, 0.15) is 11.3 Å². The number of aryl methyl sites for hydroxylation is 1. The number of hydrogen-bond donors (Lipinski definition) is 1. The minimum absolute atomic E-state index is 0.0766. The van der Waals surface area contributed by atoms with Crippen LogP contribution in [-0.4, -0.2) is 43.9 Å². The molecule has 3 aromatic rings. The van der Waals surface area contributed by atoms with Crippen molar-refractivity contribution in [2.75, 3.05) is 11.8 Å². The van der Waals surface area contributed by atoms with Gasteiger partial charge in [0.2, 0.25) is 0 Å². The lowest BCUT2D eigenvalue weighted by molar-refractivity contribution is 0.490. The predicted molar refractivity (Wildman–Crippen MR) is 119 cm³/mol. The number of anilines is 1. The van der Waals surface area contributed by atoms with Crippen LogP contribution in [0.2, 0.25) is 0 Å². The average Bonchev–Trinajstić information content (AvgIpc) is 3.09. The maximum absolute atomic E-state index is 13.0. The van der Waals surface area contributed by atoms with Crippen LogP contribution in [-0.2, 0) is 20.0 Å². The van der Waals surface area contributed by atoms with Crippen LogP contribution in [0.15, 0.2) is 69.2 Å². The van der Waals surface area contributed by atoms with Gasteiger partial charge in [-0.1, -0.05) is 12.6 Å². The maximum Gasteiger partial charge on any atom is 0.279 e. The van der Waals surface area contributed by atoms with Gasteiger partial charge in [-0.25, -0.2) is 13.4 Å². The summed E-state index contributed by atoms with van der Waals surface area (Å²) in [4.78, 5) is 4.16. The van der Waals surface area contributed by atoms with Crippen LogP contribution in [0, 0.1) is 6.92 Å². The summed E-state index contributed by atoms with van der Waals surface area (Å²) in [7, 11) is -6.51. The summed E-state index contributed by atoms with van der Waals surface area (Å²) in [6, 6.07) is 7.86. The van der Waals surface area contributed by atoms with E-state index in [1.807, 2.05) is 6.07 Å². The summed E-state index contributed by atoms with van der Waals surface area (Å²) in [5.74, 6) is 0. The molecule has 0 aliphatic heterocycles. The number of pyridine rings is 1. The fraction of sp³-hybridized carbons (Fsp3) is 0.111. The highest BCUT2D eigenvalue weighted by molar-refractivity contribution is 9.10. The van der Waals surface area contributed by atoms with E-state index in [1.165, 1.54) is 31.5 Å². The number of nitrogens with zero attached hydrogens (tertiary/aromatic N) is 4. The molecule has 0 bridgehead atoms. The zero-order chi connectivity index (χ0) is 22.1. The lowest BCUT2D eigenvalue weighted by Gasteiger charge is -2.16. The molecule has 0 fully saturated rings. The lowest BCUT2D eigenvalue weighted by Crippen LogP contribution is -2.23. The summed E-state index contributed by atoms with van der Waals surface area (Å²) in [6.45, 7) is 4.82. The average molecular weight is 512 g/mol. The molecule has 0 atom stereocenters. The van der Waals surface area contributed by atoms with Crippen LogP contribution in [0.25, 0.3) is 5.65 Å². The third-order valence-corrected chi connectivity index (χ3v) is 7.36. The summed E-state index contributed by atoms with van der Waals surface area (Å²) in [6.07, 6.45) is 4.74. The molecular weight excluding hydrogens is 494 g/mol. The van der Waals surface area contributed by atoms with E-state index < -0.39 is 20.0 Å². The van der Waals surface area contributed by atoms with Gasteiger partial charge in [-0.15, -0.1) is 0 Å². The first kappa shape index (κ1) is 22.0. The molecule has 12 heteroatoms. The van der Waals surface area contributed by atoms with E-state index in [0.717, 1.165) is 14.3 Å². The Hall–Kier alpha value is -2.70. The number of aromatic nitrogens is 2. The topological polar surface area (TPSA) is 113 Å². The number of imidazole rings is 1. The van der Waals surface area contributed by atoms with Gasteiger partial charge in [0.05, 0.1) is 28.7 Å². The van der Waals surface area contributed by atoms with Crippen LogP contribution in [0.3, 0.4) is 0 Å². The molecule has 0 saturated heterocycles. The molecule has 0 radical (unpaired) electrons. The van der Waals surface area contributed by atoms with E-state index in [0.29, 0.717) is 16.9 Å². The molecule has 0 amide bonds. The zero-order valence-corrected chi connectivity index (χ0v) is 19.2. The van der Waals surface area contributed by atoms with E-state index >= 15 is 0 Å². The first-order chi connectivity index (χ1) is 14.0. The smallest absolute Gasteiger partial charge is 0.279 e. The Balaban J connectivity index is 1.93. The number of nitrogens with one attached hydrogen (secondary N) is 1. The van der Waals surface area contributed by atoms with Gasteiger partial charge in [0, 0.05) is 23.1 Å². The molecule has 3 rings (SSSR count). The van der Waals surface area contributed by atoms with Gasteiger partial charge in [-0.2, -0.15) is 17.9 Å². The van der Waals surface area contributed by atoms with E-state index in [4.69, 9.17) is 0 Å². The number of halogens is 1. The minimum Gasteiger partial charge on any atom is -0.298 e. The molecule has 2 aromatic heterocycles. The number of rotatable bonds is 7. The Labute approximate surface area is 183 Å². The molecule has 158 valence electrons. The Morgan fingerprint density at radius 1 is 1.23 bits per heavy atom. The molecule has 0 saturated carbocycles. The Morgan fingerprint density at radius 3 is 2.67 bits per heavy atom. The van der Waals surface area contributed by atoms with Crippen molar-refractivity contribution in [2.45, 2.75) is 11.8 Å². The SMILES string of the molecule is C=CS(=O)(=O)Nc1ccc(C)c(S(=O)(=O)N(C)/N=C/c2cnc3ccc(Br)cn23)c1. The van der Waals surface area contributed by atoms with Crippen LogP contribution in [0.4, 0.5) is 5.69 Å². The van der Waals surface area contributed by atoms with E-state index in [2.05, 4.69) is 37.3 Å². The predicted octanol–water partition coefficient (Wildman–Crippen LogP) is 2.95. The number of hydrogen-bond acceptors (Lipinski definition) is 6. The molecule has 0 aliphatic rings. The number of benzene rings is 1. The first-order valence-corrected chi connectivity index (χ1v) is 12.2. The molecule has 0 spiro atoms. The fourth-order valence-corrected chi connectivity index (χ4v) is 4.64. The van der Waals surface area contributed by atoms with E-state index in [-0.39, 0.29) is 10.6 Å². The van der Waals surface area contributed by atoms with Crippen molar-refractivity contribution in [3.8, 4) is 0 Å².